The Bertz CT molecular complexity index is 798. The maximum Gasteiger partial charge on any atom is 0.326 e. The van der Waals surface area contributed by atoms with Gasteiger partial charge in [0.15, 0.2) is 0 Å². The van der Waals surface area contributed by atoms with Crippen LogP contribution in [0.3, 0.4) is 0 Å². The number of hydrogen-bond acceptors (Lipinski definition) is 2. The van der Waals surface area contributed by atoms with Crippen molar-refractivity contribution in [2.75, 3.05) is 23.8 Å². The molecule has 0 spiro atoms. The first-order valence-corrected chi connectivity index (χ1v) is 10.2. The third-order valence-corrected chi connectivity index (χ3v) is 6.01. The van der Waals surface area contributed by atoms with E-state index in [9.17, 15) is 4.79 Å². The van der Waals surface area contributed by atoms with Gasteiger partial charge in [-0.2, -0.15) is 0 Å². The quantitative estimate of drug-likeness (QED) is 0.825. The average molecular weight is 364 g/mol. The second-order valence-electron chi connectivity index (χ2n) is 7.82. The Balaban J connectivity index is 1.46. The van der Waals surface area contributed by atoms with E-state index in [1.54, 1.807) is 0 Å². The van der Waals surface area contributed by atoms with Crippen molar-refractivity contribution in [3.63, 3.8) is 0 Å². The minimum Gasteiger partial charge on any atom is -0.307 e. The standard InChI is InChI=1S/C23H29N3O/c1-25(20-11-3-2-4-12-20)17-19-10-5-7-13-21(19)24-23(27)26-16-15-18-9-6-8-14-22(18)26/h5-10,13-14,20H,2-4,11-12,15-17H2,1H3,(H,24,27). The molecule has 0 radical (unpaired) electrons. The van der Waals surface area contributed by atoms with Crippen molar-refractivity contribution in [2.24, 2.45) is 0 Å². The number of nitrogens with zero attached hydrogens (tertiary/aromatic N) is 2. The van der Waals surface area contributed by atoms with Crippen molar-refractivity contribution < 1.29 is 4.79 Å². The number of anilines is 2. The molecule has 0 atom stereocenters. The van der Waals surface area contributed by atoms with Gasteiger partial charge in [-0.3, -0.25) is 9.80 Å². The third kappa shape index (κ3) is 4.01. The molecule has 2 aliphatic rings. The van der Waals surface area contributed by atoms with Gasteiger partial charge < -0.3 is 5.32 Å². The summed E-state index contributed by atoms with van der Waals surface area (Å²) in [5.74, 6) is 0. The maximum atomic E-state index is 12.9. The summed E-state index contributed by atoms with van der Waals surface area (Å²) in [6.07, 6.45) is 7.54. The number of rotatable bonds is 4. The minimum atomic E-state index is -0.0345. The molecule has 2 aromatic carbocycles. The Morgan fingerprint density at radius 2 is 1.81 bits per heavy atom. The van der Waals surface area contributed by atoms with Crippen LogP contribution in [0.1, 0.15) is 43.2 Å². The number of carbonyl (C=O) groups excluding carboxylic acids is 1. The monoisotopic (exact) mass is 363 g/mol. The van der Waals surface area contributed by atoms with Gasteiger partial charge in [-0.05, 0) is 49.6 Å². The zero-order valence-corrected chi connectivity index (χ0v) is 16.2. The molecule has 1 N–H and O–H groups in total. The maximum absolute atomic E-state index is 12.9. The van der Waals surface area contributed by atoms with E-state index in [1.807, 2.05) is 35.2 Å². The van der Waals surface area contributed by atoms with E-state index in [2.05, 4.69) is 35.5 Å². The molecule has 1 saturated carbocycles. The van der Waals surface area contributed by atoms with Gasteiger partial charge in [0, 0.05) is 30.5 Å². The van der Waals surface area contributed by atoms with E-state index in [1.165, 1.54) is 43.2 Å². The molecule has 1 fully saturated rings. The van der Waals surface area contributed by atoms with Gasteiger partial charge in [-0.15, -0.1) is 0 Å². The van der Waals surface area contributed by atoms with E-state index < -0.39 is 0 Å². The normalized spacial score (nSPS) is 17.2. The fourth-order valence-corrected chi connectivity index (χ4v) is 4.43. The molecule has 1 aliphatic heterocycles. The highest BCUT2D eigenvalue weighted by Crippen LogP contribution is 2.29. The zero-order valence-electron chi connectivity index (χ0n) is 16.2. The van der Waals surface area contributed by atoms with Gasteiger partial charge in [0.2, 0.25) is 0 Å². The summed E-state index contributed by atoms with van der Waals surface area (Å²) in [7, 11) is 2.21. The third-order valence-electron chi connectivity index (χ3n) is 6.01. The molecule has 0 aromatic heterocycles. The van der Waals surface area contributed by atoms with Crippen LogP contribution in [0.25, 0.3) is 0 Å². The van der Waals surface area contributed by atoms with Crippen molar-refractivity contribution in [3.05, 3.63) is 59.7 Å². The molecule has 1 heterocycles. The molecule has 4 nitrogen and oxygen atoms in total. The van der Waals surface area contributed by atoms with Crippen molar-refractivity contribution in [3.8, 4) is 0 Å². The first kappa shape index (κ1) is 18.1. The number of urea groups is 1. The first-order chi connectivity index (χ1) is 13.2. The number of fused-ring (bicyclic) bond motifs is 1. The Kier molecular flexibility index (Phi) is 5.44. The number of para-hydroxylation sites is 2. The molecule has 2 aromatic rings. The number of hydrogen-bond donors (Lipinski definition) is 1. The van der Waals surface area contributed by atoms with Crippen LogP contribution < -0.4 is 10.2 Å². The Labute approximate surface area is 162 Å². The van der Waals surface area contributed by atoms with Crippen molar-refractivity contribution in [2.45, 2.75) is 51.1 Å². The van der Waals surface area contributed by atoms with Crippen molar-refractivity contribution in [1.82, 2.24) is 4.90 Å². The molecule has 4 rings (SSSR count). The van der Waals surface area contributed by atoms with Crippen molar-refractivity contribution >= 4 is 17.4 Å². The van der Waals surface area contributed by atoms with Gasteiger partial charge >= 0.3 is 6.03 Å². The van der Waals surface area contributed by atoms with Crippen LogP contribution in [0.5, 0.6) is 0 Å². The zero-order chi connectivity index (χ0) is 18.6. The lowest BCUT2D eigenvalue weighted by atomic mass is 9.94. The van der Waals surface area contributed by atoms with E-state index in [0.717, 1.165) is 30.9 Å². The Hall–Kier alpha value is -2.33. The molecule has 142 valence electrons. The van der Waals surface area contributed by atoms with E-state index >= 15 is 0 Å². The van der Waals surface area contributed by atoms with Crippen molar-refractivity contribution in [1.29, 1.82) is 0 Å². The molecular formula is C23H29N3O. The fourth-order valence-electron chi connectivity index (χ4n) is 4.43. The molecule has 27 heavy (non-hydrogen) atoms. The predicted molar refractivity (Wildman–Crippen MR) is 111 cm³/mol. The number of carbonyl (C=O) groups is 1. The SMILES string of the molecule is CN(Cc1ccccc1NC(=O)N1CCc2ccccc21)C1CCCCC1. The Morgan fingerprint density at radius 3 is 2.67 bits per heavy atom. The molecule has 0 unspecified atom stereocenters. The largest absolute Gasteiger partial charge is 0.326 e. The van der Waals surface area contributed by atoms with Gasteiger partial charge in [0.1, 0.15) is 0 Å². The molecule has 4 heteroatoms. The summed E-state index contributed by atoms with van der Waals surface area (Å²) < 4.78 is 0. The molecular weight excluding hydrogens is 334 g/mol. The molecule has 0 saturated heterocycles. The summed E-state index contributed by atoms with van der Waals surface area (Å²) in [6.45, 7) is 1.62. The Morgan fingerprint density at radius 1 is 1.07 bits per heavy atom. The lowest BCUT2D eigenvalue weighted by Crippen LogP contribution is -2.35. The fraction of sp³-hybridized carbons (Fsp3) is 0.435. The molecule has 2 amide bonds. The van der Waals surface area contributed by atoms with Crippen LogP contribution in [-0.2, 0) is 13.0 Å². The first-order valence-electron chi connectivity index (χ1n) is 10.2. The van der Waals surface area contributed by atoms with Crippen LogP contribution in [0.2, 0.25) is 0 Å². The lowest BCUT2D eigenvalue weighted by molar-refractivity contribution is 0.185. The van der Waals surface area contributed by atoms with E-state index in [-0.39, 0.29) is 6.03 Å². The summed E-state index contributed by atoms with van der Waals surface area (Å²) in [5, 5.41) is 3.16. The van der Waals surface area contributed by atoms with Crippen LogP contribution in [0.15, 0.2) is 48.5 Å². The van der Waals surface area contributed by atoms with Gasteiger partial charge in [-0.25, -0.2) is 4.79 Å². The highest BCUT2D eigenvalue weighted by Gasteiger charge is 2.25. The topological polar surface area (TPSA) is 35.6 Å². The summed E-state index contributed by atoms with van der Waals surface area (Å²) in [6, 6.07) is 17.0. The number of benzene rings is 2. The lowest BCUT2D eigenvalue weighted by Gasteiger charge is -2.31. The van der Waals surface area contributed by atoms with Gasteiger partial charge in [-0.1, -0.05) is 55.7 Å². The molecule has 1 aliphatic carbocycles. The highest BCUT2D eigenvalue weighted by atomic mass is 16.2. The number of nitrogens with one attached hydrogen (secondary N) is 1. The smallest absolute Gasteiger partial charge is 0.307 e. The van der Waals surface area contributed by atoms with Crippen LogP contribution in [0.4, 0.5) is 16.2 Å². The van der Waals surface area contributed by atoms with E-state index in [4.69, 9.17) is 0 Å². The van der Waals surface area contributed by atoms with E-state index in [0.29, 0.717) is 6.04 Å². The van der Waals surface area contributed by atoms with Gasteiger partial charge in [0.05, 0.1) is 0 Å². The molecule has 0 bridgehead atoms. The minimum absolute atomic E-state index is 0.0345. The van der Waals surface area contributed by atoms with Crippen LogP contribution >= 0.6 is 0 Å². The number of amides is 2. The summed E-state index contributed by atoms with van der Waals surface area (Å²) >= 11 is 0. The second-order valence-corrected chi connectivity index (χ2v) is 7.82. The summed E-state index contributed by atoms with van der Waals surface area (Å²) in [5.41, 5.74) is 4.39. The second kappa shape index (κ2) is 8.13. The summed E-state index contributed by atoms with van der Waals surface area (Å²) in [4.78, 5) is 17.2. The predicted octanol–water partition coefficient (Wildman–Crippen LogP) is 5.05. The van der Waals surface area contributed by atoms with Crippen LogP contribution in [0, 0.1) is 0 Å². The average Bonchev–Trinajstić information content (AvgIpc) is 3.14. The van der Waals surface area contributed by atoms with Crippen LogP contribution in [-0.4, -0.2) is 30.6 Å². The highest BCUT2D eigenvalue weighted by molar-refractivity contribution is 6.03. The van der Waals surface area contributed by atoms with Gasteiger partial charge in [0.25, 0.3) is 0 Å².